The van der Waals surface area contributed by atoms with Crippen LogP contribution in [0.1, 0.15) is 18.1 Å². The van der Waals surface area contributed by atoms with Crippen LogP contribution in [0.25, 0.3) is 0 Å². The molecule has 1 saturated heterocycles. The quantitative estimate of drug-likeness (QED) is 0.508. The van der Waals surface area contributed by atoms with Gasteiger partial charge >= 0.3 is 0 Å². The van der Waals surface area contributed by atoms with Gasteiger partial charge < -0.3 is 24.8 Å². The topological polar surface area (TPSA) is 57.2 Å². The summed E-state index contributed by atoms with van der Waals surface area (Å²) in [5.74, 6) is 1.37. The number of β-amino-alcohol motifs (C(OH)–C–C–N with tert-alkyl or cyclic N) is 1. The molecule has 1 atom stereocenters. The van der Waals surface area contributed by atoms with Crippen LogP contribution in [0, 0.1) is 0 Å². The summed E-state index contributed by atoms with van der Waals surface area (Å²) in [4.78, 5) is 4.74. The Balaban J connectivity index is 1.40. The number of nitrogens with one attached hydrogen (secondary N) is 1. The van der Waals surface area contributed by atoms with Crippen molar-refractivity contribution < 1.29 is 14.6 Å². The molecule has 2 aromatic rings. The summed E-state index contributed by atoms with van der Waals surface area (Å²) in [6.45, 7) is 10.0. The summed E-state index contributed by atoms with van der Waals surface area (Å²) in [6, 6.07) is 16.5. The predicted octanol–water partition coefficient (Wildman–Crippen LogP) is 2.40. The summed E-state index contributed by atoms with van der Waals surface area (Å²) < 4.78 is 11.4. The van der Waals surface area contributed by atoms with E-state index in [1.54, 1.807) is 7.11 Å². The molecule has 0 amide bonds. The Hall–Kier alpha value is -2.12. The molecule has 1 aliphatic rings. The fourth-order valence-corrected chi connectivity index (χ4v) is 3.88. The van der Waals surface area contributed by atoms with E-state index in [2.05, 4.69) is 46.3 Å². The molecule has 31 heavy (non-hydrogen) atoms. The van der Waals surface area contributed by atoms with E-state index in [1.807, 2.05) is 24.3 Å². The Bertz CT molecular complexity index is 764. The van der Waals surface area contributed by atoms with Gasteiger partial charge in [-0.2, -0.15) is 0 Å². The van der Waals surface area contributed by atoms with Gasteiger partial charge in [0, 0.05) is 39.3 Å². The van der Waals surface area contributed by atoms with Gasteiger partial charge in [-0.05, 0) is 42.8 Å². The van der Waals surface area contributed by atoms with Gasteiger partial charge in [0.15, 0.2) is 11.5 Å². The molecule has 0 bridgehead atoms. The summed E-state index contributed by atoms with van der Waals surface area (Å²) in [6.07, 6.45) is 0.488. The number of rotatable bonds is 12. The molecule has 3 rings (SSSR count). The van der Waals surface area contributed by atoms with E-state index >= 15 is 0 Å². The normalized spacial score (nSPS) is 16.2. The fraction of sp³-hybridized carbons (Fsp3) is 0.520. The van der Waals surface area contributed by atoms with Gasteiger partial charge in [0.25, 0.3) is 0 Å². The summed E-state index contributed by atoms with van der Waals surface area (Å²) in [7, 11) is 1.65. The smallest absolute Gasteiger partial charge is 0.161 e. The first-order valence-electron chi connectivity index (χ1n) is 11.3. The van der Waals surface area contributed by atoms with Crippen molar-refractivity contribution in [2.24, 2.45) is 0 Å². The van der Waals surface area contributed by atoms with Crippen LogP contribution in [0.15, 0.2) is 48.5 Å². The molecule has 1 heterocycles. The number of ether oxygens (including phenoxy) is 2. The zero-order chi connectivity index (χ0) is 21.9. The molecule has 0 aliphatic carbocycles. The van der Waals surface area contributed by atoms with Gasteiger partial charge in [-0.25, -0.2) is 0 Å². The van der Waals surface area contributed by atoms with E-state index in [0.29, 0.717) is 18.0 Å². The summed E-state index contributed by atoms with van der Waals surface area (Å²) in [5, 5.41) is 13.9. The number of aliphatic hydroxyl groups is 1. The monoisotopic (exact) mass is 427 g/mol. The number of benzene rings is 2. The van der Waals surface area contributed by atoms with E-state index in [0.717, 1.165) is 57.8 Å². The minimum Gasteiger partial charge on any atom is -0.493 e. The second-order valence-corrected chi connectivity index (χ2v) is 8.10. The van der Waals surface area contributed by atoms with Crippen LogP contribution < -0.4 is 14.8 Å². The Morgan fingerprint density at radius 3 is 2.42 bits per heavy atom. The zero-order valence-electron chi connectivity index (χ0n) is 18.9. The van der Waals surface area contributed by atoms with Gasteiger partial charge in [0.2, 0.25) is 0 Å². The Kier molecular flexibility index (Phi) is 9.62. The first kappa shape index (κ1) is 23.5. The lowest BCUT2D eigenvalue weighted by Gasteiger charge is -2.34. The molecule has 2 aromatic carbocycles. The van der Waals surface area contributed by atoms with Crippen molar-refractivity contribution in [1.29, 1.82) is 0 Å². The Morgan fingerprint density at radius 2 is 1.71 bits per heavy atom. The second-order valence-electron chi connectivity index (χ2n) is 8.10. The number of aliphatic hydroxyl groups excluding tert-OH is 1. The highest BCUT2D eigenvalue weighted by Gasteiger charge is 2.19. The highest BCUT2D eigenvalue weighted by molar-refractivity contribution is 5.43. The number of methoxy groups -OCH3 is 1. The molecule has 0 saturated carbocycles. The molecule has 6 heteroatoms. The first-order valence-corrected chi connectivity index (χ1v) is 11.3. The van der Waals surface area contributed by atoms with Crippen molar-refractivity contribution in [2.75, 3.05) is 59.5 Å². The van der Waals surface area contributed by atoms with Crippen molar-refractivity contribution in [1.82, 2.24) is 15.1 Å². The molecule has 2 N–H and O–H groups in total. The molecule has 0 radical (unpaired) electrons. The van der Waals surface area contributed by atoms with E-state index in [4.69, 9.17) is 9.47 Å². The molecule has 1 fully saturated rings. The van der Waals surface area contributed by atoms with Crippen molar-refractivity contribution in [3.05, 3.63) is 59.7 Å². The highest BCUT2D eigenvalue weighted by Crippen LogP contribution is 2.28. The molecule has 0 unspecified atom stereocenters. The molecular formula is C25H37N3O3. The minimum atomic E-state index is -0.516. The van der Waals surface area contributed by atoms with Crippen molar-refractivity contribution in [3.8, 4) is 11.5 Å². The largest absolute Gasteiger partial charge is 0.493 e. The van der Waals surface area contributed by atoms with E-state index in [9.17, 15) is 5.11 Å². The number of likely N-dealkylation sites (N-methyl/N-ethyl adjacent to an activating group) is 1. The van der Waals surface area contributed by atoms with Crippen LogP contribution in [0.3, 0.4) is 0 Å². The van der Waals surface area contributed by atoms with Crippen molar-refractivity contribution in [3.63, 3.8) is 0 Å². The van der Waals surface area contributed by atoms with Gasteiger partial charge in [0.05, 0.1) is 7.11 Å². The molecule has 170 valence electrons. The number of hydrogen-bond donors (Lipinski definition) is 2. The van der Waals surface area contributed by atoms with E-state index in [1.165, 1.54) is 5.56 Å². The molecular weight excluding hydrogens is 390 g/mol. The molecule has 1 aliphatic heterocycles. The number of hydrogen-bond acceptors (Lipinski definition) is 6. The van der Waals surface area contributed by atoms with Gasteiger partial charge in [-0.15, -0.1) is 0 Å². The number of nitrogens with zero attached hydrogens (tertiary/aromatic N) is 2. The van der Waals surface area contributed by atoms with Crippen LogP contribution in [0.5, 0.6) is 11.5 Å². The zero-order valence-corrected chi connectivity index (χ0v) is 18.9. The van der Waals surface area contributed by atoms with E-state index in [-0.39, 0.29) is 6.61 Å². The average Bonchev–Trinajstić information content (AvgIpc) is 2.82. The average molecular weight is 428 g/mol. The predicted molar refractivity (Wildman–Crippen MR) is 125 cm³/mol. The summed E-state index contributed by atoms with van der Waals surface area (Å²) >= 11 is 0. The number of piperazine rings is 1. The van der Waals surface area contributed by atoms with Crippen LogP contribution in [-0.4, -0.2) is 80.5 Å². The van der Waals surface area contributed by atoms with Crippen LogP contribution in [-0.2, 0) is 13.0 Å². The molecule has 0 aromatic heterocycles. The lowest BCUT2D eigenvalue weighted by atomic mass is 10.1. The molecule has 6 nitrogen and oxygen atoms in total. The van der Waals surface area contributed by atoms with Crippen molar-refractivity contribution >= 4 is 0 Å². The van der Waals surface area contributed by atoms with Gasteiger partial charge in [-0.1, -0.05) is 43.3 Å². The third kappa shape index (κ3) is 7.82. The Morgan fingerprint density at radius 1 is 0.968 bits per heavy atom. The van der Waals surface area contributed by atoms with Gasteiger partial charge in [0.1, 0.15) is 12.7 Å². The minimum absolute atomic E-state index is 0.263. The fourth-order valence-electron chi connectivity index (χ4n) is 3.88. The van der Waals surface area contributed by atoms with Crippen LogP contribution in [0.2, 0.25) is 0 Å². The standard InChI is InChI=1S/C25H37N3O3/c1-3-27-13-15-28(16-14-27)19-23(29)20-31-24-10-9-22(17-25(24)30-2)18-26-12-11-21-7-5-4-6-8-21/h4-10,17,23,26,29H,3,11-16,18-20H2,1-2H3/t23-/m1/s1. The maximum atomic E-state index is 10.4. The maximum Gasteiger partial charge on any atom is 0.161 e. The molecule has 0 spiro atoms. The second kappa shape index (κ2) is 12.7. The maximum absolute atomic E-state index is 10.4. The van der Waals surface area contributed by atoms with Crippen LogP contribution >= 0.6 is 0 Å². The lowest BCUT2D eigenvalue weighted by molar-refractivity contribution is 0.0464. The van der Waals surface area contributed by atoms with Gasteiger partial charge in [-0.3, -0.25) is 4.90 Å². The van der Waals surface area contributed by atoms with E-state index < -0.39 is 6.10 Å². The summed E-state index contributed by atoms with van der Waals surface area (Å²) in [5.41, 5.74) is 2.48. The first-order chi connectivity index (χ1) is 15.2. The SMILES string of the molecule is CCN1CCN(C[C@@H](O)COc2ccc(CNCCc3ccccc3)cc2OC)CC1. The highest BCUT2D eigenvalue weighted by atomic mass is 16.5. The third-order valence-electron chi connectivity index (χ3n) is 5.80. The Labute approximate surface area is 186 Å². The van der Waals surface area contributed by atoms with Crippen molar-refractivity contribution in [2.45, 2.75) is 26.0 Å². The third-order valence-corrected chi connectivity index (χ3v) is 5.80. The lowest BCUT2D eigenvalue weighted by Crippen LogP contribution is -2.49. The van der Waals surface area contributed by atoms with Crippen LogP contribution in [0.4, 0.5) is 0 Å².